The minimum absolute atomic E-state index is 0.151. The molecule has 0 atom stereocenters. The van der Waals surface area contributed by atoms with E-state index < -0.39 is 0 Å². The fourth-order valence-corrected chi connectivity index (χ4v) is 0.959. The molecule has 0 unspecified atom stereocenters. The summed E-state index contributed by atoms with van der Waals surface area (Å²) < 4.78 is 12.7. The van der Waals surface area contributed by atoms with Crippen LogP contribution in [-0.4, -0.2) is 19.5 Å². The Morgan fingerprint density at radius 3 is 2.09 bits per heavy atom. The van der Waals surface area contributed by atoms with Gasteiger partial charge in [-0.2, -0.15) is 0 Å². The van der Waals surface area contributed by atoms with E-state index in [1.54, 1.807) is 0 Å². The molecule has 11 heavy (non-hydrogen) atoms. The Labute approximate surface area is 82.1 Å². The zero-order valence-electron chi connectivity index (χ0n) is 7.26. The van der Waals surface area contributed by atoms with Crippen LogP contribution in [0.4, 0.5) is 0 Å². The van der Waals surface area contributed by atoms with Gasteiger partial charge in [0.25, 0.3) is 0 Å². The summed E-state index contributed by atoms with van der Waals surface area (Å²) in [5.74, 6) is 0. The van der Waals surface area contributed by atoms with Crippen LogP contribution in [0.5, 0.6) is 0 Å². The molecule has 0 aromatic carbocycles. The van der Waals surface area contributed by atoms with Crippen LogP contribution in [0, 0.1) is 0 Å². The van der Waals surface area contributed by atoms with Gasteiger partial charge in [0, 0.05) is 13.2 Å². The maximum Gasteiger partial charge on any atom is 0.180 e. The van der Waals surface area contributed by atoms with Crippen LogP contribution in [0.2, 0.25) is 0 Å². The average Bonchev–Trinajstić information content (AvgIpc) is 2.03. The fourth-order valence-electron chi connectivity index (χ4n) is 0.665. The SMILES string of the molecule is CCOC(OCC)/C(C)=C/I. The first-order valence-electron chi connectivity index (χ1n) is 3.76. The number of hydrogen-bond donors (Lipinski definition) is 0. The summed E-state index contributed by atoms with van der Waals surface area (Å²) >= 11 is 2.19. The van der Waals surface area contributed by atoms with Crippen molar-refractivity contribution < 1.29 is 9.47 Å². The summed E-state index contributed by atoms with van der Waals surface area (Å²) in [7, 11) is 0. The zero-order chi connectivity index (χ0) is 8.69. The lowest BCUT2D eigenvalue weighted by molar-refractivity contribution is -0.111. The van der Waals surface area contributed by atoms with Gasteiger partial charge in [0.2, 0.25) is 0 Å². The normalized spacial score (nSPS) is 12.6. The number of rotatable bonds is 5. The quantitative estimate of drug-likeness (QED) is 0.565. The van der Waals surface area contributed by atoms with Crippen molar-refractivity contribution in [3.8, 4) is 0 Å². The standard InChI is InChI=1S/C8H15IO2/c1-4-10-8(11-5-2)7(3)6-9/h6,8H,4-5H2,1-3H3/b7-6+. The molecule has 0 amide bonds. The number of ether oxygens (including phenoxy) is 2. The van der Waals surface area contributed by atoms with Crippen molar-refractivity contribution in [3.63, 3.8) is 0 Å². The monoisotopic (exact) mass is 270 g/mol. The molecule has 0 aliphatic heterocycles. The summed E-state index contributed by atoms with van der Waals surface area (Å²) in [5.41, 5.74) is 1.12. The van der Waals surface area contributed by atoms with Crippen LogP contribution in [0.25, 0.3) is 0 Å². The molecule has 0 aliphatic rings. The predicted octanol–water partition coefficient (Wildman–Crippen LogP) is 2.72. The molecular formula is C8H15IO2. The van der Waals surface area contributed by atoms with Crippen molar-refractivity contribution in [2.24, 2.45) is 0 Å². The third-order valence-electron chi connectivity index (χ3n) is 1.18. The van der Waals surface area contributed by atoms with Gasteiger partial charge in [-0.15, -0.1) is 0 Å². The lowest BCUT2D eigenvalue weighted by Crippen LogP contribution is -2.18. The second-order valence-corrected chi connectivity index (χ2v) is 2.72. The Kier molecular flexibility index (Phi) is 7.31. The van der Waals surface area contributed by atoms with Gasteiger partial charge in [-0.1, -0.05) is 22.6 Å². The van der Waals surface area contributed by atoms with E-state index in [9.17, 15) is 0 Å². The predicted molar refractivity (Wildman–Crippen MR) is 54.8 cm³/mol. The maximum atomic E-state index is 5.34. The van der Waals surface area contributed by atoms with Crippen LogP contribution in [0.15, 0.2) is 9.66 Å². The Morgan fingerprint density at radius 2 is 1.82 bits per heavy atom. The molecule has 0 N–H and O–H groups in total. The van der Waals surface area contributed by atoms with Crippen LogP contribution in [0.3, 0.4) is 0 Å². The molecule has 0 saturated carbocycles. The minimum Gasteiger partial charge on any atom is -0.349 e. The molecule has 66 valence electrons. The summed E-state index contributed by atoms with van der Waals surface area (Å²) in [4.78, 5) is 0. The lowest BCUT2D eigenvalue weighted by Gasteiger charge is -2.16. The van der Waals surface area contributed by atoms with Crippen LogP contribution in [0.1, 0.15) is 20.8 Å². The molecule has 3 heteroatoms. The smallest absolute Gasteiger partial charge is 0.180 e. The molecule has 0 bridgehead atoms. The number of halogens is 1. The Bertz CT molecular complexity index is 117. The van der Waals surface area contributed by atoms with E-state index in [4.69, 9.17) is 9.47 Å². The molecule has 0 aromatic heterocycles. The summed E-state index contributed by atoms with van der Waals surface area (Å²) in [5, 5.41) is 0. The summed E-state index contributed by atoms with van der Waals surface area (Å²) in [6.07, 6.45) is -0.151. The second kappa shape index (κ2) is 7.06. The molecule has 2 nitrogen and oxygen atoms in total. The van der Waals surface area contributed by atoms with Gasteiger partial charge in [-0.25, -0.2) is 0 Å². The minimum atomic E-state index is -0.151. The maximum absolute atomic E-state index is 5.34. The third kappa shape index (κ3) is 4.76. The van der Waals surface area contributed by atoms with Gasteiger partial charge in [-0.3, -0.25) is 0 Å². The molecule has 0 rings (SSSR count). The highest BCUT2D eigenvalue weighted by Crippen LogP contribution is 2.09. The Balaban J connectivity index is 3.87. The van der Waals surface area contributed by atoms with E-state index in [-0.39, 0.29) is 6.29 Å². The molecule has 0 radical (unpaired) electrons. The van der Waals surface area contributed by atoms with Gasteiger partial charge in [0.05, 0.1) is 0 Å². The fraction of sp³-hybridized carbons (Fsp3) is 0.750. The van der Waals surface area contributed by atoms with Crippen molar-refractivity contribution in [1.29, 1.82) is 0 Å². The van der Waals surface area contributed by atoms with E-state index in [1.807, 2.05) is 24.9 Å². The van der Waals surface area contributed by atoms with Crippen molar-refractivity contribution in [2.45, 2.75) is 27.1 Å². The first-order valence-corrected chi connectivity index (χ1v) is 5.00. The topological polar surface area (TPSA) is 18.5 Å². The third-order valence-corrected chi connectivity index (χ3v) is 2.16. The van der Waals surface area contributed by atoms with Crippen molar-refractivity contribution in [2.75, 3.05) is 13.2 Å². The Hall–Kier alpha value is 0.390. The first kappa shape index (κ1) is 11.4. The van der Waals surface area contributed by atoms with Gasteiger partial charge in [0.1, 0.15) is 0 Å². The van der Waals surface area contributed by atoms with Crippen LogP contribution < -0.4 is 0 Å². The van der Waals surface area contributed by atoms with Gasteiger partial charge in [-0.05, 0) is 30.4 Å². The molecule has 0 spiro atoms. The van der Waals surface area contributed by atoms with Crippen molar-refractivity contribution >= 4 is 22.6 Å². The molecule has 0 aromatic rings. The molecule has 0 heterocycles. The van der Waals surface area contributed by atoms with E-state index in [0.717, 1.165) is 5.57 Å². The largest absolute Gasteiger partial charge is 0.349 e. The van der Waals surface area contributed by atoms with Crippen LogP contribution in [-0.2, 0) is 9.47 Å². The van der Waals surface area contributed by atoms with Gasteiger partial charge < -0.3 is 9.47 Å². The van der Waals surface area contributed by atoms with E-state index in [1.165, 1.54) is 0 Å². The van der Waals surface area contributed by atoms with Crippen molar-refractivity contribution in [1.82, 2.24) is 0 Å². The van der Waals surface area contributed by atoms with E-state index in [2.05, 4.69) is 22.6 Å². The molecule has 0 fully saturated rings. The highest BCUT2D eigenvalue weighted by Gasteiger charge is 2.08. The van der Waals surface area contributed by atoms with E-state index >= 15 is 0 Å². The second-order valence-electron chi connectivity index (χ2n) is 2.10. The van der Waals surface area contributed by atoms with Gasteiger partial charge in [0.15, 0.2) is 6.29 Å². The van der Waals surface area contributed by atoms with Gasteiger partial charge >= 0.3 is 0 Å². The summed E-state index contributed by atoms with van der Waals surface area (Å²) in [6, 6.07) is 0. The van der Waals surface area contributed by atoms with E-state index in [0.29, 0.717) is 13.2 Å². The van der Waals surface area contributed by atoms with Crippen molar-refractivity contribution in [3.05, 3.63) is 9.66 Å². The molecule has 0 saturated heterocycles. The molecule has 0 aliphatic carbocycles. The Morgan fingerprint density at radius 1 is 1.36 bits per heavy atom. The average molecular weight is 270 g/mol. The zero-order valence-corrected chi connectivity index (χ0v) is 9.42. The lowest BCUT2D eigenvalue weighted by atomic mass is 10.3. The number of hydrogen-bond acceptors (Lipinski definition) is 2. The highest BCUT2D eigenvalue weighted by molar-refractivity contribution is 14.1. The first-order chi connectivity index (χ1) is 5.26. The highest BCUT2D eigenvalue weighted by atomic mass is 127. The summed E-state index contributed by atoms with van der Waals surface area (Å²) in [6.45, 7) is 7.31. The van der Waals surface area contributed by atoms with Crippen LogP contribution >= 0.6 is 22.6 Å². The molecular weight excluding hydrogens is 255 g/mol.